The van der Waals surface area contributed by atoms with E-state index in [0.29, 0.717) is 62.6 Å². The monoisotopic (exact) mass is 446 g/mol. The van der Waals surface area contributed by atoms with E-state index in [2.05, 4.69) is 10.4 Å². The van der Waals surface area contributed by atoms with Gasteiger partial charge in [0.2, 0.25) is 5.91 Å². The molecule has 0 unspecified atom stereocenters. The fourth-order valence-electron chi connectivity index (χ4n) is 3.79. The number of benzene rings is 1. The van der Waals surface area contributed by atoms with Crippen LogP contribution in [0.4, 0.5) is 0 Å². The largest absolute Gasteiger partial charge is 0.486 e. The number of hydrogen-bond acceptors (Lipinski definition) is 7. The molecule has 30 heavy (non-hydrogen) atoms. The minimum atomic E-state index is -0.0427. The van der Waals surface area contributed by atoms with Crippen LogP contribution in [0.1, 0.15) is 40.3 Å². The van der Waals surface area contributed by atoms with Crippen LogP contribution in [0.25, 0.3) is 0 Å². The molecule has 0 bridgehead atoms. The molecule has 3 heterocycles. The van der Waals surface area contributed by atoms with E-state index in [-0.39, 0.29) is 17.6 Å². The van der Waals surface area contributed by atoms with Crippen molar-refractivity contribution in [1.82, 2.24) is 9.88 Å². The number of fused-ring (bicyclic) bond motifs is 1. The van der Waals surface area contributed by atoms with Crippen molar-refractivity contribution in [3.63, 3.8) is 0 Å². The van der Waals surface area contributed by atoms with Crippen LogP contribution < -0.4 is 9.47 Å². The summed E-state index contributed by atoms with van der Waals surface area (Å²) in [4.78, 5) is 31.8. The highest BCUT2D eigenvalue weighted by Gasteiger charge is 2.28. The van der Waals surface area contributed by atoms with Crippen LogP contribution in [0.2, 0.25) is 0 Å². The number of ketones is 1. The van der Waals surface area contributed by atoms with Crippen molar-refractivity contribution in [2.24, 2.45) is 5.92 Å². The van der Waals surface area contributed by atoms with Crippen LogP contribution in [0.15, 0.2) is 23.6 Å². The molecule has 1 aromatic carbocycles. The third-order valence-electron chi connectivity index (χ3n) is 5.42. The smallest absolute Gasteiger partial charge is 0.223 e. The van der Waals surface area contributed by atoms with E-state index < -0.39 is 0 Å². The third kappa shape index (κ3) is 5.16. The zero-order valence-electron chi connectivity index (χ0n) is 17.1. The number of nitrogens with zero attached hydrogens (tertiary/aromatic N) is 2. The molecule has 0 N–H and O–H groups in total. The number of aryl methyl sites for hydroxylation is 1. The van der Waals surface area contributed by atoms with E-state index in [0.717, 1.165) is 22.2 Å². The fraction of sp³-hybridized carbons (Fsp3) is 0.500. The second-order valence-electron chi connectivity index (χ2n) is 7.54. The van der Waals surface area contributed by atoms with Crippen molar-refractivity contribution in [1.29, 1.82) is 0 Å². The maximum absolute atomic E-state index is 12.9. The minimum absolute atomic E-state index is 0.0427. The zero-order valence-corrected chi connectivity index (χ0v) is 18.7. The number of Topliss-reactive ketones (excluding diaryl/α,β-unsaturated/α-hetero) is 1. The van der Waals surface area contributed by atoms with Crippen LogP contribution in [0, 0.1) is 12.8 Å². The van der Waals surface area contributed by atoms with Gasteiger partial charge >= 0.3 is 0 Å². The predicted octanol–water partition coefficient (Wildman–Crippen LogP) is 3.97. The van der Waals surface area contributed by atoms with Crippen LogP contribution in [0.3, 0.4) is 0 Å². The van der Waals surface area contributed by atoms with Crippen molar-refractivity contribution in [3.8, 4) is 11.5 Å². The molecular formula is C22H26N2O4S2. The van der Waals surface area contributed by atoms with Crippen molar-refractivity contribution in [2.45, 2.75) is 31.9 Å². The van der Waals surface area contributed by atoms with Gasteiger partial charge in [-0.3, -0.25) is 9.59 Å². The molecule has 2 aliphatic rings. The summed E-state index contributed by atoms with van der Waals surface area (Å²) < 4.78 is 11.1. The van der Waals surface area contributed by atoms with E-state index in [1.807, 2.05) is 24.0 Å². The molecule has 1 aromatic heterocycles. The van der Waals surface area contributed by atoms with Crippen molar-refractivity contribution in [3.05, 3.63) is 39.8 Å². The minimum Gasteiger partial charge on any atom is -0.486 e. The van der Waals surface area contributed by atoms with Crippen LogP contribution in [-0.2, 0) is 10.5 Å². The quantitative estimate of drug-likeness (QED) is 0.474. The number of likely N-dealkylation sites (tertiary alicyclic amines) is 1. The average Bonchev–Trinajstić information content (AvgIpc) is 3.20. The normalized spacial score (nSPS) is 16.5. The van der Waals surface area contributed by atoms with Gasteiger partial charge in [0, 0.05) is 47.9 Å². The number of aromatic nitrogens is 1. The summed E-state index contributed by atoms with van der Waals surface area (Å²) in [6, 6.07) is 5.41. The first-order chi connectivity index (χ1) is 14.6. The standard InChI is InChI=1S/C22H26N2O4S2/c1-15-23-18(14-30-15)13-29-11-6-21(25)24-7-4-16(5-8-24)22(26)17-2-3-19-20(12-17)28-10-9-27-19/h2-3,12,14,16H,4-11,13H2,1H3. The summed E-state index contributed by atoms with van der Waals surface area (Å²) in [5.74, 6) is 3.26. The first-order valence-corrected chi connectivity index (χ1v) is 12.3. The lowest BCUT2D eigenvalue weighted by atomic mass is 9.88. The molecule has 1 saturated heterocycles. The third-order valence-corrected chi connectivity index (χ3v) is 7.24. The number of rotatable bonds is 7. The number of carbonyl (C=O) groups is 2. The molecule has 160 valence electrons. The molecule has 4 rings (SSSR count). The summed E-state index contributed by atoms with van der Waals surface area (Å²) >= 11 is 3.41. The Kier molecular flexibility index (Phi) is 6.94. The molecule has 8 heteroatoms. The van der Waals surface area contributed by atoms with E-state index >= 15 is 0 Å². The summed E-state index contributed by atoms with van der Waals surface area (Å²) in [5, 5.41) is 3.16. The molecule has 6 nitrogen and oxygen atoms in total. The lowest BCUT2D eigenvalue weighted by Gasteiger charge is -2.31. The van der Waals surface area contributed by atoms with Crippen LogP contribution in [-0.4, -0.2) is 53.6 Å². The lowest BCUT2D eigenvalue weighted by Crippen LogP contribution is -2.40. The van der Waals surface area contributed by atoms with Gasteiger partial charge in [0.05, 0.1) is 10.7 Å². The first-order valence-electron chi connectivity index (χ1n) is 10.3. The van der Waals surface area contributed by atoms with E-state index in [1.54, 1.807) is 29.2 Å². The van der Waals surface area contributed by atoms with Gasteiger partial charge in [-0.05, 0) is 38.0 Å². The Morgan fingerprint density at radius 1 is 1.20 bits per heavy atom. The Hall–Kier alpha value is -2.06. The number of thioether (sulfide) groups is 1. The SMILES string of the molecule is Cc1nc(CSCCC(=O)N2CCC(C(=O)c3ccc4c(c3)OCCO4)CC2)cs1. The van der Waals surface area contributed by atoms with E-state index in [1.165, 1.54) is 0 Å². The highest BCUT2D eigenvalue weighted by molar-refractivity contribution is 7.98. The molecule has 0 spiro atoms. The molecule has 0 aliphatic carbocycles. The molecule has 0 radical (unpaired) electrons. The Bertz CT molecular complexity index is 906. The first kappa shape index (κ1) is 21.2. The number of amides is 1. The van der Waals surface area contributed by atoms with Crippen molar-refractivity contribution in [2.75, 3.05) is 32.1 Å². The highest BCUT2D eigenvalue weighted by atomic mass is 32.2. The molecule has 0 atom stereocenters. The van der Waals surface area contributed by atoms with E-state index in [4.69, 9.17) is 9.47 Å². The Balaban J connectivity index is 1.21. The Labute approximate surface area is 185 Å². The van der Waals surface area contributed by atoms with Gasteiger partial charge in [-0.25, -0.2) is 4.98 Å². The average molecular weight is 447 g/mol. The van der Waals surface area contributed by atoms with Crippen molar-refractivity contribution < 1.29 is 19.1 Å². The van der Waals surface area contributed by atoms with Crippen LogP contribution in [0.5, 0.6) is 11.5 Å². The van der Waals surface area contributed by atoms with Gasteiger partial charge in [-0.2, -0.15) is 11.8 Å². The van der Waals surface area contributed by atoms with Crippen LogP contribution >= 0.6 is 23.1 Å². The zero-order chi connectivity index (χ0) is 20.9. The number of ether oxygens (including phenoxy) is 2. The lowest BCUT2D eigenvalue weighted by molar-refractivity contribution is -0.131. The van der Waals surface area contributed by atoms with Gasteiger partial charge in [0.15, 0.2) is 17.3 Å². The molecule has 2 aliphatic heterocycles. The summed E-state index contributed by atoms with van der Waals surface area (Å²) in [7, 11) is 0. The maximum Gasteiger partial charge on any atom is 0.223 e. The summed E-state index contributed by atoms with van der Waals surface area (Å²) in [6.45, 7) is 4.35. The highest BCUT2D eigenvalue weighted by Crippen LogP contribution is 2.32. The number of piperidine rings is 1. The van der Waals surface area contributed by atoms with Gasteiger partial charge in [0.1, 0.15) is 13.2 Å². The second-order valence-corrected chi connectivity index (χ2v) is 9.71. The maximum atomic E-state index is 12.9. The Morgan fingerprint density at radius 3 is 2.70 bits per heavy atom. The fourth-order valence-corrected chi connectivity index (χ4v) is 5.33. The number of carbonyl (C=O) groups excluding carboxylic acids is 2. The molecule has 0 saturated carbocycles. The molecule has 1 amide bonds. The van der Waals surface area contributed by atoms with E-state index in [9.17, 15) is 9.59 Å². The number of thiazole rings is 1. The van der Waals surface area contributed by atoms with Gasteiger partial charge in [-0.15, -0.1) is 11.3 Å². The van der Waals surface area contributed by atoms with Crippen molar-refractivity contribution >= 4 is 34.8 Å². The summed E-state index contributed by atoms with van der Waals surface area (Å²) in [6.07, 6.45) is 1.96. The molecule has 2 aromatic rings. The molecular weight excluding hydrogens is 420 g/mol. The predicted molar refractivity (Wildman–Crippen MR) is 119 cm³/mol. The van der Waals surface area contributed by atoms with Gasteiger partial charge in [0.25, 0.3) is 0 Å². The summed E-state index contributed by atoms with van der Waals surface area (Å²) in [5.41, 5.74) is 1.76. The van der Waals surface area contributed by atoms with Gasteiger partial charge < -0.3 is 14.4 Å². The number of hydrogen-bond donors (Lipinski definition) is 0. The second kappa shape index (κ2) is 9.83. The molecule has 1 fully saturated rings. The van der Waals surface area contributed by atoms with Gasteiger partial charge in [-0.1, -0.05) is 0 Å². The topological polar surface area (TPSA) is 68.7 Å². The Morgan fingerprint density at radius 2 is 1.97 bits per heavy atom.